The number of aliphatic hydroxyl groups excluding tert-OH is 1. The molecule has 2 N–H and O–H groups in total. The number of allylic oxidation sites excluding steroid dienone is 1. The molecule has 1 aliphatic rings. The number of hydrogen-bond acceptors (Lipinski definition) is 5. The number of anilines is 1. The number of imidazole rings is 1. The Bertz CT molecular complexity index is 946. The number of aryl methyl sites for hydroxylation is 1. The summed E-state index contributed by atoms with van der Waals surface area (Å²) < 4.78 is 4.41. The first-order chi connectivity index (χ1) is 12.3. The van der Waals surface area contributed by atoms with Crippen LogP contribution in [0.1, 0.15) is 6.92 Å². The molecule has 0 spiro atoms. The SMILES string of the molecule is C=C(C)Cn1c(N2CC[NH+](CCO)CC2)nc2c1c(=O)n(C)c(=O)n2C. The predicted molar refractivity (Wildman–Crippen MR) is 99.9 cm³/mol. The van der Waals surface area contributed by atoms with Crippen molar-refractivity contribution < 1.29 is 10.0 Å². The molecule has 0 atom stereocenters. The highest BCUT2D eigenvalue weighted by Crippen LogP contribution is 2.20. The number of rotatable bonds is 5. The Morgan fingerprint density at radius 3 is 2.46 bits per heavy atom. The smallest absolute Gasteiger partial charge is 0.332 e. The van der Waals surface area contributed by atoms with Crippen LogP contribution in [0, 0.1) is 0 Å². The van der Waals surface area contributed by atoms with Gasteiger partial charge in [-0.2, -0.15) is 4.98 Å². The summed E-state index contributed by atoms with van der Waals surface area (Å²) in [5.41, 5.74) is 1.02. The van der Waals surface area contributed by atoms with Crippen LogP contribution in [0.3, 0.4) is 0 Å². The third kappa shape index (κ3) is 3.08. The van der Waals surface area contributed by atoms with E-state index < -0.39 is 0 Å². The largest absolute Gasteiger partial charge is 0.391 e. The Morgan fingerprint density at radius 1 is 1.23 bits per heavy atom. The van der Waals surface area contributed by atoms with E-state index in [-0.39, 0.29) is 17.9 Å². The summed E-state index contributed by atoms with van der Waals surface area (Å²) in [7, 11) is 3.12. The van der Waals surface area contributed by atoms with Crippen LogP contribution in [-0.4, -0.2) is 63.1 Å². The number of piperazine rings is 1. The minimum atomic E-state index is -0.383. The van der Waals surface area contributed by atoms with Gasteiger partial charge in [0.2, 0.25) is 5.95 Å². The molecule has 9 nitrogen and oxygen atoms in total. The molecule has 0 aliphatic carbocycles. The van der Waals surface area contributed by atoms with E-state index in [1.165, 1.54) is 16.5 Å². The summed E-state index contributed by atoms with van der Waals surface area (Å²) in [6.45, 7) is 10.6. The monoisotopic (exact) mass is 363 g/mol. The van der Waals surface area contributed by atoms with Crippen LogP contribution in [0.15, 0.2) is 21.7 Å². The van der Waals surface area contributed by atoms with Gasteiger partial charge in [0.15, 0.2) is 11.2 Å². The summed E-state index contributed by atoms with van der Waals surface area (Å²) in [5, 5.41) is 9.12. The van der Waals surface area contributed by atoms with Crippen LogP contribution in [-0.2, 0) is 20.6 Å². The van der Waals surface area contributed by atoms with Gasteiger partial charge >= 0.3 is 5.69 Å². The van der Waals surface area contributed by atoms with Gasteiger partial charge in [0.1, 0.15) is 6.54 Å². The Labute approximate surface area is 151 Å². The fourth-order valence-electron chi connectivity index (χ4n) is 3.53. The van der Waals surface area contributed by atoms with E-state index >= 15 is 0 Å². The van der Waals surface area contributed by atoms with Crippen LogP contribution in [0.25, 0.3) is 11.2 Å². The van der Waals surface area contributed by atoms with Gasteiger partial charge in [-0.25, -0.2) is 4.79 Å². The number of nitrogens with one attached hydrogen (secondary N) is 1. The quantitative estimate of drug-likeness (QED) is 0.584. The molecule has 0 amide bonds. The van der Waals surface area contributed by atoms with E-state index in [4.69, 9.17) is 5.11 Å². The Morgan fingerprint density at radius 2 is 1.88 bits per heavy atom. The predicted octanol–water partition coefficient (Wildman–Crippen LogP) is -2.29. The third-order valence-electron chi connectivity index (χ3n) is 4.97. The van der Waals surface area contributed by atoms with E-state index in [1.54, 1.807) is 7.05 Å². The van der Waals surface area contributed by atoms with Gasteiger partial charge in [0, 0.05) is 20.6 Å². The van der Waals surface area contributed by atoms with Gasteiger partial charge in [-0.05, 0) is 6.92 Å². The number of quaternary nitrogens is 1. The minimum absolute atomic E-state index is 0.182. The van der Waals surface area contributed by atoms with Crippen molar-refractivity contribution in [2.45, 2.75) is 13.5 Å². The zero-order chi connectivity index (χ0) is 19.0. The van der Waals surface area contributed by atoms with Crippen molar-refractivity contribution in [3.63, 3.8) is 0 Å². The van der Waals surface area contributed by atoms with Gasteiger partial charge in [-0.1, -0.05) is 12.2 Å². The Kier molecular flexibility index (Phi) is 5.01. The second kappa shape index (κ2) is 7.08. The molecule has 0 aromatic carbocycles. The zero-order valence-corrected chi connectivity index (χ0v) is 15.7. The summed E-state index contributed by atoms with van der Waals surface area (Å²) in [6, 6.07) is 0. The second-order valence-corrected chi connectivity index (χ2v) is 7.04. The third-order valence-corrected chi connectivity index (χ3v) is 4.97. The highest BCUT2D eigenvalue weighted by Gasteiger charge is 2.26. The lowest BCUT2D eigenvalue weighted by Crippen LogP contribution is -3.15. The second-order valence-electron chi connectivity index (χ2n) is 7.04. The molecule has 0 saturated carbocycles. The van der Waals surface area contributed by atoms with E-state index in [9.17, 15) is 9.59 Å². The molecule has 0 bridgehead atoms. The van der Waals surface area contributed by atoms with Gasteiger partial charge in [0.05, 0.1) is 32.8 Å². The fraction of sp³-hybridized carbons (Fsp3) is 0.588. The molecule has 2 aromatic heterocycles. The van der Waals surface area contributed by atoms with Gasteiger partial charge in [-0.3, -0.25) is 13.9 Å². The van der Waals surface area contributed by atoms with Crippen molar-refractivity contribution in [2.75, 3.05) is 44.2 Å². The topological polar surface area (TPSA) is 89.7 Å². The molecule has 0 unspecified atom stereocenters. The molecular weight excluding hydrogens is 336 g/mol. The molecule has 1 fully saturated rings. The molecule has 1 aliphatic heterocycles. The van der Waals surface area contributed by atoms with Crippen molar-refractivity contribution in [2.24, 2.45) is 14.1 Å². The lowest BCUT2D eigenvalue weighted by atomic mass is 10.3. The number of nitrogens with zero attached hydrogens (tertiary/aromatic N) is 5. The van der Waals surface area contributed by atoms with E-state index in [2.05, 4.69) is 16.5 Å². The average Bonchev–Trinajstić information content (AvgIpc) is 2.98. The van der Waals surface area contributed by atoms with Crippen molar-refractivity contribution >= 4 is 17.1 Å². The van der Waals surface area contributed by atoms with E-state index in [0.717, 1.165) is 42.9 Å². The van der Waals surface area contributed by atoms with Crippen molar-refractivity contribution in [1.82, 2.24) is 18.7 Å². The zero-order valence-electron chi connectivity index (χ0n) is 15.7. The van der Waals surface area contributed by atoms with E-state index in [1.807, 2.05) is 11.5 Å². The molecule has 3 heterocycles. The van der Waals surface area contributed by atoms with Crippen molar-refractivity contribution in [3.05, 3.63) is 33.0 Å². The first-order valence-electron chi connectivity index (χ1n) is 8.85. The lowest BCUT2D eigenvalue weighted by Gasteiger charge is -2.32. The maximum atomic E-state index is 12.7. The number of fused-ring (bicyclic) bond motifs is 1. The van der Waals surface area contributed by atoms with Crippen LogP contribution in [0.5, 0.6) is 0 Å². The van der Waals surface area contributed by atoms with Crippen LogP contribution in [0.2, 0.25) is 0 Å². The molecular formula is C17H27N6O3+. The first kappa shape index (κ1) is 18.4. The lowest BCUT2D eigenvalue weighted by molar-refractivity contribution is -0.900. The molecule has 3 rings (SSSR count). The van der Waals surface area contributed by atoms with Gasteiger partial charge in [-0.15, -0.1) is 0 Å². The normalized spacial score (nSPS) is 15.8. The molecule has 26 heavy (non-hydrogen) atoms. The minimum Gasteiger partial charge on any atom is -0.391 e. The summed E-state index contributed by atoms with van der Waals surface area (Å²) in [5.74, 6) is 0.698. The van der Waals surface area contributed by atoms with Crippen LogP contribution < -0.4 is 21.0 Å². The number of aromatic nitrogens is 4. The van der Waals surface area contributed by atoms with E-state index in [0.29, 0.717) is 23.7 Å². The van der Waals surface area contributed by atoms with Crippen molar-refractivity contribution in [1.29, 1.82) is 0 Å². The maximum absolute atomic E-state index is 12.7. The molecule has 0 radical (unpaired) electrons. The molecule has 1 saturated heterocycles. The summed E-state index contributed by atoms with van der Waals surface area (Å²) in [4.78, 5) is 33.2. The van der Waals surface area contributed by atoms with Crippen LogP contribution in [0.4, 0.5) is 5.95 Å². The van der Waals surface area contributed by atoms with Crippen LogP contribution >= 0.6 is 0 Å². The average molecular weight is 363 g/mol. The highest BCUT2D eigenvalue weighted by atomic mass is 16.3. The van der Waals surface area contributed by atoms with Gasteiger partial charge in [0.25, 0.3) is 5.56 Å². The Hall–Kier alpha value is -2.39. The highest BCUT2D eigenvalue weighted by molar-refractivity contribution is 5.74. The molecule has 2 aromatic rings. The van der Waals surface area contributed by atoms with Crippen molar-refractivity contribution in [3.8, 4) is 0 Å². The standard InChI is InChI=1S/C17H26N6O3/c1-12(2)11-23-13-14(19(3)17(26)20(4)15(13)25)18-16(23)22-7-5-21(6-8-22)9-10-24/h24H,1,5-11H2,2-4H3/p+1. The fourth-order valence-corrected chi connectivity index (χ4v) is 3.53. The maximum Gasteiger partial charge on any atom is 0.332 e. The summed E-state index contributed by atoms with van der Waals surface area (Å²) in [6.07, 6.45) is 0. The molecule has 9 heteroatoms. The number of aliphatic hydroxyl groups is 1. The molecule has 142 valence electrons. The van der Waals surface area contributed by atoms with Gasteiger partial charge < -0.3 is 19.5 Å². The number of hydrogen-bond donors (Lipinski definition) is 2. The summed E-state index contributed by atoms with van der Waals surface area (Å²) >= 11 is 0. The Balaban J connectivity index is 2.12. The first-order valence-corrected chi connectivity index (χ1v) is 8.85.